The second-order valence-corrected chi connectivity index (χ2v) is 9.41. The molecule has 0 spiro atoms. The van der Waals surface area contributed by atoms with Gasteiger partial charge in [-0.1, -0.05) is 0 Å². The molecule has 0 unspecified atom stereocenters. The van der Waals surface area contributed by atoms with Crippen molar-refractivity contribution in [2.45, 2.75) is 42.7 Å². The summed E-state index contributed by atoms with van der Waals surface area (Å²) >= 11 is 0. The number of aromatic nitrogens is 1. The molecule has 8 heteroatoms. The van der Waals surface area contributed by atoms with Crippen LogP contribution in [0.5, 0.6) is 0 Å². The Morgan fingerprint density at radius 2 is 2.00 bits per heavy atom. The standard InChI is InChI=1S/C14H20FN5OS/c1-13(2)12(17)20-14(3,9-6-7-18-22(9,13)21)11-8(15)4-5-10(16)19-11/h4-5,9H,6-7H2,1-3H3,(H2,16,19)(H2,17,20)/t9-,14-,22+/m0/s1. The molecule has 0 amide bonds. The highest BCUT2D eigenvalue weighted by Gasteiger charge is 2.57. The number of halogens is 1. The molecule has 0 aliphatic carbocycles. The Morgan fingerprint density at radius 3 is 2.68 bits per heavy atom. The number of hydrogen-bond donors (Lipinski definition) is 2. The number of rotatable bonds is 1. The van der Waals surface area contributed by atoms with Crippen molar-refractivity contribution in [1.29, 1.82) is 0 Å². The molecule has 2 aliphatic rings. The predicted molar refractivity (Wildman–Crippen MR) is 85.5 cm³/mol. The van der Waals surface area contributed by atoms with E-state index in [0.717, 1.165) is 0 Å². The van der Waals surface area contributed by atoms with Crippen molar-refractivity contribution in [1.82, 2.24) is 4.98 Å². The summed E-state index contributed by atoms with van der Waals surface area (Å²) in [6.45, 7) is 5.72. The van der Waals surface area contributed by atoms with Crippen molar-refractivity contribution < 1.29 is 8.60 Å². The largest absolute Gasteiger partial charge is 0.386 e. The summed E-state index contributed by atoms with van der Waals surface area (Å²) in [5.74, 6) is -0.121. The first kappa shape index (κ1) is 15.2. The highest BCUT2D eigenvalue weighted by molar-refractivity contribution is 7.96. The summed E-state index contributed by atoms with van der Waals surface area (Å²) in [5, 5.41) is -0.439. The zero-order valence-corrected chi connectivity index (χ0v) is 13.7. The van der Waals surface area contributed by atoms with E-state index in [1.807, 2.05) is 0 Å². The van der Waals surface area contributed by atoms with Crippen LogP contribution < -0.4 is 11.5 Å². The van der Waals surface area contributed by atoms with E-state index < -0.39 is 31.1 Å². The van der Waals surface area contributed by atoms with Gasteiger partial charge in [0.15, 0.2) is 0 Å². The SMILES string of the molecule is CC1(C)C(N)=N[C@](C)(c2nc(N)ccc2F)[C@@H]2CCN=[S@@]21=O. The molecule has 0 radical (unpaired) electrons. The van der Waals surface area contributed by atoms with Crippen LogP contribution in [0.1, 0.15) is 32.9 Å². The van der Waals surface area contributed by atoms with Gasteiger partial charge in [0, 0.05) is 6.54 Å². The van der Waals surface area contributed by atoms with E-state index in [9.17, 15) is 8.60 Å². The van der Waals surface area contributed by atoms with Gasteiger partial charge in [0.2, 0.25) is 0 Å². The lowest BCUT2D eigenvalue weighted by Gasteiger charge is -2.43. The molecule has 120 valence electrons. The van der Waals surface area contributed by atoms with Gasteiger partial charge in [-0.15, -0.1) is 0 Å². The number of amidine groups is 1. The molecule has 3 atom stereocenters. The first-order chi connectivity index (χ1) is 10.1. The van der Waals surface area contributed by atoms with Gasteiger partial charge in [-0.3, -0.25) is 4.99 Å². The van der Waals surface area contributed by atoms with E-state index in [-0.39, 0.29) is 17.3 Å². The molecular formula is C14H20FN5OS. The third-order valence-electron chi connectivity index (χ3n) is 4.73. The van der Waals surface area contributed by atoms with E-state index >= 15 is 0 Å². The molecular weight excluding hydrogens is 305 g/mol. The van der Waals surface area contributed by atoms with Crippen LogP contribution in [-0.2, 0) is 15.3 Å². The summed E-state index contributed by atoms with van der Waals surface area (Å²) in [5.41, 5.74) is 10.7. The maximum absolute atomic E-state index is 14.3. The molecule has 0 aromatic carbocycles. The summed E-state index contributed by atoms with van der Waals surface area (Å²) in [6, 6.07) is 2.64. The molecule has 0 saturated heterocycles. The van der Waals surface area contributed by atoms with E-state index in [4.69, 9.17) is 11.5 Å². The number of aliphatic imine (C=N–C) groups is 1. The van der Waals surface area contributed by atoms with Crippen LogP contribution in [-0.4, -0.2) is 31.6 Å². The Bertz CT molecular complexity index is 796. The van der Waals surface area contributed by atoms with Gasteiger partial charge < -0.3 is 11.5 Å². The predicted octanol–water partition coefficient (Wildman–Crippen LogP) is 1.41. The van der Waals surface area contributed by atoms with Gasteiger partial charge >= 0.3 is 0 Å². The molecule has 3 heterocycles. The van der Waals surface area contributed by atoms with Crippen molar-refractivity contribution in [2.24, 2.45) is 15.1 Å². The van der Waals surface area contributed by atoms with Crippen LogP contribution in [0.2, 0.25) is 0 Å². The normalized spacial score (nSPS) is 36.4. The molecule has 0 saturated carbocycles. The first-order valence-corrected chi connectivity index (χ1v) is 8.70. The molecule has 2 aliphatic heterocycles. The Balaban J connectivity index is 2.32. The maximum atomic E-state index is 14.3. The van der Waals surface area contributed by atoms with Gasteiger partial charge in [-0.2, -0.15) is 0 Å². The average molecular weight is 325 g/mol. The zero-order valence-electron chi connectivity index (χ0n) is 12.8. The Morgan fingerprint density at radius 1 is 1.32 bits per heavy atom. The summed E-state index contributed by atoms with van der Waals surface area (Å²) in [6.07, 6.45) is 0.561. The summed E-state index contributed by atoms with van der Waals surface area (Å²) < 4.78 is 31.4. The minimum absolute atomic E-state index is 0.0841. The molecule has 22 heavy (non-hydrogen) atoms. The minimum atomic E-state index is -2.69. The maximum Gasteiger partial charge on any atom is 0.147 e. The first-order valence-electron chi connectivity index (χ1n) is 7.12. The Kier molecular flexibility index (Phi) is 3.05. The highest BCUT2D eigenvalue weighted by Crippen LogP contribution is 2.47. The van der Waals surface area contributed by atoms with Crippen LogP contribution in [0, 0.1) is 5.82 Å². The zero-order chi connectivity index (χ0) is 16.3. The lowest BCUT2D eigenvalue weighted by Crippen LogP contribution is -2.58. The number of nitrogen functional groups attached to an aromatic ring is 1. The molecule has 1 aromatic rings. The molecule has 3 rings (SSSR count). The van der Waals surface area contributed by atoms with Gasteiger partial charge in [0.05, 0.1) is 15.0 Å². The van der Waals surface area contributed by atoms with E-state index in [2.05, 4.69) is 14.3 Å². The quantitative estimate of drug-likeness (QED) is 0.814. The number of nitrogens with two attached hydrogens (primary N) is 2. The molecule has 0 bridgehead atoms. The summed E-state index contributed by atoms with van der Waals surface area (Å²) in [7, 11) is -2.69. The van der Waals surface area contributed by atoms with E-state index in [1.54, 1.807) is 20.8 Å². The fourth-order valence-corrected chi connectivity index (χ4v) is 6.44. The lowest BCUT2D eigenvalue weighted by molar-refractivity contribution is 0.406. The number of fused-ring (bicyclic) bond motifs is 1. The van der Waals surface area contributed by atoms with Crippen LogP contribution in [0.4, 0.5) is 10.2 Å². The minimum Gasteiger partial charge on any atom is -0.386 e. The van der Waals surface area contributed by atoms with E-state index in [1.165, 1.54) is 12.1 Å². The van der Waals surface area contributed by atoms with Gasteiger partial charge in [0.1, 0.15) is 33.5 Å². The smallest absolute Gasteiger partial charge is 0.147 e. The fraction of sp³-hybridized carbons (Fsp3) is 0.571. The van der Waals surface area contributed by atoms with Crippen molar-refractivity contribution in [2.75, 3.05) is 12.3 Å². The lowest BCUT2D eigenvalue weighted by atomic mass is 9.90. The second-order valence-electron chi connectivity index (χ2n) is 6.42. The van der Waals surface area contributed by atoms with Crippen molar-refractivity contribution in [3.63, 3.8) is 0 Å². The van der Waals surface area contributed by atoms with Crippen LogP contribution in [0.15, 0.2) is 21.5 Å². The molecule has 4 N–H and O–H groups in total. The molecule has 6 nitrogen and oxygen atoms in total. The molecule has 0 fully saturated rings. The van der Waals surface area contributed by atoms with Crippen LogP contribution >= 0.6 is 0 Å². The number of hydrogen-bond acceptors (Lipinski definition) is 6. The third-order valence-corrected chi connectivity index (χ3v) is 8.44. The summed E-state index contributed by atoms with van der Waals surface area (Å²) in [4.78, 5) is 8.64. The Labute approximate surface area is 129 Å². The van der Waals surface area contributed by atoms with Crippen molar-refractivity contribution in [3.05, 3.63) is 23.6 Å². The van der Waals surface area contributed by atoms with Crippen molar-refractivity contribution in [3.8, 4) is 0 Å². The van der Waals surface area contributed by atoms with Crippen molar-refractivity contribution >= 4 is 21.4 Å². The van der Waals surface area contributed by atoms with Gasteiger partial charge in [0.25, 0.3) is 0 Å². The number of nitrogens with zero attached hydrogens (tertiary/aromatic N) is 3. The fourth-order valence-electron chi connectivity index (χ4n) is 3.29. The average Bonchev–Trinajstić information content (AvgIpc) is 2.85. The van der Waals surface area contributed by atoms with Crippen LogP contribution in [0.3, 0.4) is 0 Å². The van der Waals surface area contributed by atoms with Crippen LogP contribution in [0.25, 0.3) is 0 Å². The Hall–Kier alpha value is -1.70. The monoisotopic (exact) mass is 325 g/mol. The topological polar surface area (TPSA) is 107 Å². The van der Waals surface area contributed by atoms with Gasteiger partial charge in [-0.25, -0.2) is 17.9 Å². The van der Waals surface area contributed by atoms with Gasteiger partial charge in [-0.05, 0) is 39.3 Å². The molecule has 1 aromatic heterocycles. The highest BCUT2D eigenvalue weighted by atomic mass is 32.2. The third kappa shape index (κ3) is 1.73. The number of pyridine rings is 1. The second kappa shape index (κ2) is 4.41. The number of anilines is 1. The van der Waals surface area contributed by atoms with E-state index in [0.29, 0.717) is 13.0 Å².